The van der Waals surface area contributed by atoms with Crippen LogP contribution in [0.25, 0.3) is 0 Å². The zero-order valence-electron chi connectivity index (χ0n) is 13.1. The summed E-state index contributed by atoms with van der Waals surface area (Å²) < 4.78 is 12.6. The molecule has 0 radical (unpaired) electrons. The molecular weight excluding hydrogens is 266 g/mol. The van der Waals surface area contributed by atoms with Crippen molar-refractivity contribution in [1.29, 1.82) is 0 Å². The second kappa shape index (κ2) is 6.52. The van der Waals surface area contributed by atoms with Crippen LogP contribution in [0.2, 0.25) is 0 Å². The summed E-state index contributed by atoms with van der Waals surface area (Å²) in [5.74, 6) is 1.45. The SMILES string of the molecule is CCc1nn(Cc2ccc(OC)c(OC)c2)c(CC)c1N. The molecule has 1 aromatic carbocycles. The quantitative estimate of drug-likeness (QED) is 0.888. The zero-order valence-corrected chi connectivity index (χ0v) is 13.1. The van der Waals surface area contributed by atoms with Gasteiger partial charge in [-0.1, -0.05) is 19.9 Å². The molecule has 2 aromatic rings. The molecule has 5 nitrogen and oxygen atoms in total. The van der Waals surface area contributed by atoms with E-state index in [1.54, 1.807) is 14.2 Å². The molecule has 114 valence electrons. The number of ether oxygens (including phenoxy) is 2. The van der Waals surface area contributed by atoms with E-state index in [0.29, 0.717) is 6.54 Å². The molecule has 21 heavy (non-hydrogen) atoms. The van der Waals surface area contributed by atoms with Crippen molar-refractivity contribution in [3.8, 4) is 11.5 Å². The van der Waals surface area contributed by atoms with Crippen LogP contribution in [0, 0.1) is 0 Å². The van der Waals surface area contributed by atoms with Gasteiger partial charge in [-0.2, -0.15) is 5.10 Å². The summed E-state index contributed by atoms with van der Waals surface area (Å²) in [5, 5.41) is 4.61. The van der Waals surface area contributed by atoms with Crippen molar-refractivity contribution in [3.63, 3.8) is 0 Å². The number of nitrogens with zero attached hydrogens (tertiary/aromatic N) is 2. The highest BCUT2D eigenvalue weighted by Gasteiger charge is 2.13. The molecule has 0 saturated heterocycles. The molecular formula is C16H23N3O2. The smallest absolute Gasteiger partial charge is 0.161 e. The lowest BCUT2D eigenvalue weighted by Gasteiger charge is -2.11. The second-order valence-electron chi connectivity index (χ2n) is 4.86. The number of nitrogens with two attached hydrogens (primary N) is 1. The highest BCUT2D eigenvalue weighted by atomic mass is 16.5. The van der Waals surface area contributed by atoms with Crippen LogP contribution in [0.15, 0.2) is 18.2 Å². The molecule has 0 fully saturated rings. The molecule has 1 heterocycles. The predicted molar refractivity (Wildman–Crippen MR) is 84.0 cm³/mol. The summed E-state index contributed by atoms with van der Waals surface area (Å²) in [6.07, 6.45) is 1.71. The van der Waals surface area contributed by atoms with Crippen LogP contribution in [0.4, 0.5) is 5.69 Å². The molecule has 0 amide bonds. The molecule has 5 heteroatoms. The van der Waals surface area contributed by atoms with Gasteiger partial charge < -0.3 is 15.2 Å². The van der Waals surface area contributed by atoms with E-state index < -0.39 is 0 Å². The Kier molecular flexibility index (Phi) is 4.73. The summed E-state index contributed by atoms with van der Waals surface area (Å²) >= 11 is 0. The van der Waals surface area contributed by atoms with Crippen LogP contribution in [-0.4, -0.2) is 24.0 Å². The van der Waals surface area contributed by atoms with Gasteiger partial charge in [0, 0.05) is 0 Å². The average Bonchev–Trinajstić information content (AvgIpc) is 2.82. The predicted octanol–water partition coefficient (Wildman–Crippen LogP) is 2.66. The Morgan fingerprint density at radius 1 is 1.10 bits per heavy atom. The van der Waals surface area contributed by atoms with E-state index in [1.165, 1.54) is 0 Å². The van der Waals surface area contributed by atoms with Crippen molar-refractivity contribution >= 4 is 5.69 Å². The minimum atomic E-state index is 0.674. The van der Waals surface area contributed by atoms with Gasteiger partial charge in [0.1, 0.15) is 0 Å². The second-order valence-corrected chi connectivity index (χ2v) is 4.86. The number of anilines is 1. The van der Waals surface area contributed by atoms with Gasteiger partial charge in [0.15, 0.2) is 11.5 Å². The van der Waals surface area contributed by atoms with Crippen molar-refractivity contribution in [2.24, 2.45) is 0 Å². The number of hydrogen-bond donors (Lipinski definition) is 1. The van der Waals surface area contributed by atoms with E-state index in [4.69, 9.17) is 15.2 Å². The van der Waals surface area contributed by atoms with Crippen LogP contribution in [-0.2, 0) is 19.4 Å². The molecule has 0 unspecified atom stereocenters. The lowest BCUT2D eigenvalue weighted by atomic mass is 10.2. The first kappa shape index (κ1) is 15.2. The van der Waals surface area contributed by atoms with E-state index in [9.17, 15) is 0 Å². The third-order valence-corrected chi connectivity index (χ3v) is 3.62. The Balaban J connectivity index is 2.34. The lowest BCUT2D eigenvalue weighted by molar-refractivity contribution is 0.354. The molecule has 2 N–H and O–H groups in total. The number of benzene rings is 1. The standard InChI is InChI=1S/C16H23N3O2/c1-5-12-16(17)13(6-2)19(18-12)10-11-7-8-14(20-3)15(9-11)21-4/h7-9H,5-6,10,17H2,1-4H3. The van der Waals surface area contributed by atoms with E-state index >= 15 is 0 Å². The normalized spacial score (nSPS) is 10.7. The molecule has 1 aromatic heterocycles. The fourth-order valence-electron chi connectivity index (χ4n) is 2.48. The molecule has 0 atom stereocenters. The van der Waals surface area contributed by atoms with Crippen molar-refractivity contribution in [1.82, 2.24) is 9.78 Å². The molecule has 0 spiro atoms. The minimum absolute atomic E-state index is 0.674. The first-order chi connectivity index (χ1) is 10.1. The van der Waals surface area contributed by atoms with Gasteiger partial charge in [-0.25, -0.2) is 0 Å². The number of aryl methyl sites for hydroxylation is 1. The maximum absolute atomic E-state index is 6.15. The Labute approximate surface area is 125 Å². The summed E-state index contributed by atoms with van der Waals surface area (Å²) in [6, 6.07) is 5.90. The largest absolute Gasteiger partial charge is 0.493 e. The summed E-state index contributed by atoms with van der Waals surface area (Å²) in [4.78, 5) is 0. The monoisotopic (exact) mass is 289 g/mol. The molecule has 0 aliphatic rings. The minimum Gasteiger partial charge on any atom is -0.493 e. The third-order valence-electron chi connectivity index (χ3n) is 3.62. The Morgan fingerprint density at radius 3 is 2.38 bits per heavy atom. The number of hydrogen-bond acceptors (Lipinski definition) is 4. The fraction of sp³-hybridized carbons (Fsp3) is 0.438. The maximum Gasteiger partial charge on any atom is 0.161 e. The number of aromatic nitrogens is 2. The first-order valence-corrected chi connectivity index (χ1v) is 7.19. The highest BCUT2D eigenvalue weighted by Crippen LogP contribution is 2.28. The van der Waals surface area contributed by atoms with Crippen LogP contribution in [0.3, 0.4) is 0 Å². The molecule has 2 rings (SSSR count). The van der Waals surface area contributed by atoms with Crippen molar-refractivity contribution in [3.05, 3.63) is 35.2 Å². The van der Waals surface area contributed by atoms with Gasteiger partial charge >= 0.3 is 0 Å². The van der Waals surface area contributed by atoms with Crippen molar-refractivity contribution in [2.45, 2.75) is 33.2 Å². The summed E-state index contributed by atoms with van der Waals surface area (Å²) in [7, 11) is 3.27. The van der Waals surface area contributed by atoms with Gasteiger partial charge in [0.05, 0.1) is 37.8 Å². The third kappa shape index (κ3) is 2.96. The molecule has 0 aliphatic heterocycles. The van der Waals surface area contributed by atoms with Gasteiger partial charge in [-0.05, 0) is 30.5 Å². The number of rotatable bonds is 6. The lowest BCUT2D eigenvalue weighted by Crippen LogP contribution is -2.07. The van der Waals surface area contributed by atoms with E-state index in [1.807, 2.05) is 22.9 Å². The van der Waals surface area contributed by atoms with Crippen LogP contribution in [0.1, 0.15) is 30.8 Å². The van der Waals surface area contributed by atoms with E-state index in [-0.39, 0.29) is 0 Å². The molecule has 0 saturated carbocycles. The van der Waals surface area contributed by atoms with Gasteiger partial charge in [-0.3, -0.25) is 4.68 Å². The van der Waals surface area contributed by atoms with Crippen molar-refractivity contribution in [2.75, 3.05) is 20.0 Å². The van der Waals surface area contributed by atoms with Gasteiger partial charge in [0.2, 0.25) is 0 Å². The van der Waals surface area contributed by atoms with Crippen molar-refractivity contribution < 1.29 is 9.47 Å². The fourth-order valence-corrected chi connectivity index (χ4v) is 2.48. The maximum atomic E-state index is 6.15. The number of nitrogen functional groups attached to an aromatic ring is 1. The van der Waals surface area contributed by atoms with E-state index in [0.717, 1.165) is 47.0 Å². The molecule has 0 aliphatic carbocycles. The van der Waals surface area contributed by atoms with Gasteiger partial charge in [0.25, 0.3) is 0 Å². The summed E-state index contributed by atoms with van der Waals surface area (Å²) in [5.41, 5.74) is 10.1. The topological polar surface area (TPSA) is 62.3 Å². The highest BCUT2D eigenvalue weighted by molar-refractivity contribution is 5.49. The number of methoxy groups -OCH3 is 2. The van der Waals surface area contributed by atoms with Crippen LogP contribution >= 0.6 is 0 Å². The summed E-state index contributed by atoms with van der Waals surface area (Å²) in [6.45, 7) is 4.84. The van der Waals surface area contributed by atoms with Crippen LogP contribution in [0.5, 0.6) is 11.5 Å². The van der Waals surface area contributed by atoms with Gasteiger partial charge in [-0.15, -0.1) is 0 Å². The first-order valence-electron chi connectivity index (χ1n) is 7.19. The average molecular weight is 289 g/mol. The van der Waals surface area contributed by atoms with E-state index in [2.05, 4.69) is 18.9 Å². The Morgan fingerprint density at radius 2 is 1.81 bits per heavy atom. The zero-order chi connectivity index (χ0) is 15.4. The Hall–Kier alpha value is -2.17. The molecule has 0 bridgehead atoms. The van der Waals surface area contributed by atoms with Crippen LogP contribution < -0.4 is 15.2 Å². The Bertz CT molecular complexity index is 620.